The number of hydrogen-bond donors (Lipinski definition) is 0. The fourth-order valence-electron chi connectivity index (χ4n) is 7.83. The summed E-state index contributed by atoms with van der Waals surface area (Å²) in [4.78, 5) is 2.44. The lowest BCUT2D eigenvalue weighted by atomic mass is 9.96. The highest BCUT2D eigenvalue weighted by molar-refractivity contribution is 7.26. The smallest absolute Gasteiger partial charge is 0.0540 e. The van der Waals surface area contributed by atoms with Crippen molar-refractivity contribution in [2.24, 2.45) is 0 Å². The van der Waals surface area contributed by atoms with Gasteiger partial charge in [0, 0.05) is 37.0 Å². The number of hydrogen-bond acceptors (Lipinski definition) is 2. The van der Waals surface area contributed by atoms with Crippen LogP contribution in [0.1, 0.15) is 0 Å². The highest BCUT2D eigenvalue weighted by Crippen LogP contribution is 2.46. The number of benzene rings is 9. The molecule has 0 atom stereocenters. The molecule has 0 aliphatic heterocycles. The molecule has 0 unspecified atom stereocenters. The molecule has 10 rings (SSSR count). The van der Waals surface area contributed by atoms with Crippen LogP contribution in [-0.4, -0.2) is 0 Å². The minimum Gasteiger partial charge on any atom is -0.309 e. The average Bonchev–Trinajstić information content (AvgIpc) is 3.64. The number of anilines is 3. The lowest BCUT2D eigenvalue weighted by Crippen LogP contribution is -2.12. The Kier molecular flexibility index (Phi) is 8.09. The minimum atomic E-state index is 1.10. The van der Waals surface area contributed by atoms with E-state index in [1.54, 1.807) is 0 Å². The van der Waals surface area contributed by atoms with Crippen LogP contribution in [0, 0.1) is 0 Å². The maximum atomic E-state index is 2.44. The Balaban J connectivity index is 1.13. The number of para-hydroxylation sites is 2. The van der Waals surface area contributed by atoms with Crippen LogP contribution in [0.2, 0.25) is 0 Å². The lowest BCUT2D eigenvalue weighted by molar-refractivity contribution is 1.28. The van der Waals surface area contributed by atoms with E-state index in [0.29, 0.717) is 0 Å². The van der Waals surface area contributed by atoms with Gasteiger partial charge in [-0.15, -0.1) is 11.3 Å². The summed E-state index contributed by atoms with van der Waals surface area (Å²) in [5, 5.41) is 5.11. The van der Waals surface area contributed by atoms with Crippen molar-refractivity contribution in [2.75, 3.05) is 4.90 Å². The van der Waals surface area contributed by atoms with Gasteiger partial charge in [-0.2, -0.15) is 0 Å². The van der Waals surface area contributed by atoms with E-state index in [1.165, 1.54) is 75.5 Å². The first-order valence-corrected chi connectivity index (χ1v) is 19.2. The van der Waals surface area contributed by atoms with Gasteiger partial charge in [-0.25, -0.2) is 0 Å². The molecule has 254 valence electrons. The quantitative estimate of drug-likeness (QED) is 0.160. The lowest BCUT2D eigenvalue weighted by Gasteiger charge is -2.30. The third-order valence-electron chi connectivity index (χ3n) is 10.5. The molecule has 0 radical (unpaired) electrons. The molecule has 0 N–H and O–H groups in total. The molecule has 1 heterocycles. The summed E-state index contributed by atoms with van der Waals surface area (Å²) in [7, 11) is 0. The highest BCUT2D eigenvalue weighted by atomic mass is 32.1. The molecule has 0 aliphatic rings. The fourth-order valence-corrected chi connectivity index (χ4v) is 9.07. The molecule has 0 amide bonds. The fraction of sp³-hybridized carbons (Fsp3) is 0. The Morgan fingerprint density at radius 2 is 0.833 bits per heavy atom. The van der Waals surface area contributed by atoms with E-state index in [9.17, 15) is 0 Å². The molecule has 1 aromatic heterocycles. The van der Waals surface area contributed by atoms with Gasteiger partial charge in [0.2, 0.25) is 0 Å². The van der Waals surface area contributed by atoms with E-state index in [0.717, 1.165) is 17.1 Å². The molecule has 0 bridgehead atoms. The number of nitrogens with zero attached hydrogens (tertiary/aromatic N) is 1. The summed E-state index contributed by atoms with van der Waals surface area (Å²) in [6.07, 6.45) is 0. The van der Waals surface area contributed by atoms with Crippen LogP contribution in [0.4, 0.5) is 17.1 Å². The van der Waals surface area contributed by atoms with E-state index in [1.807, 2.05) is 11.3 Å². The zero-order chi connectivity index (χ0) is 35.8. The first-order valence-electron chi connectivity index (χ1n) is 18.4. The van der Waals surface area contributed by atoms with Crippen LogP contribution in [0.25, 0.3) is 75.5 Å². The first kappa shape index (κ1) is 32.0. The van der Waals surface area contributed by atoms with Gasteiger partial charge in [-0.3, -0.25) is 0 Å². The Labute approximate surface area is 319 Å². The van der Waals surface area contributed by atoms with E-state index in [2.05, 4.69) is 217 Å². The van der Waals surface area contributed by atoms with Crippen molar-refractivity contribution in [3.8, 4) is 44.5 Å². The van der Waals surface area contributed by atoms with E-state index in [4.69, 9.17) is 0 Å². The second-order valence-electron chi connectivity index (χ2n) is 13.7. The Morgan fingerprint density at radius 1 is 0.315 bits per heavy atom. The molecule has 0 spiro atoms. The Bertz CT molecular complexity index is 2920. The summed E-state index contributed by atoms with van der Waals surface area (Å²) < 4.78 is 2.65. The maximum absolute atomic E-state index is 2.44. The molecule has 0 saturated carbocycles. The van der Waals surface area contributed by atoms with Gasteiger partial charge in [0.15, 0.2) is 0 Å². The van der Waals surface area contributed by atoms with E-state index in [-0.39, 0.29) is 0 Å². The van der Waals surface area contributed by atoms with Crippen LogP contribution < -0.4 is 4.90 Å². The Morgan fingerprint density at radius 3 is 1.61 bits per heavy atom. The van der Waals surface area contributed by atoms with Crippen molar-refractivity contribution in [1.29, 1.82) is 0 Å². The zero-order valence-electron chi connectivity index (χ0n) is 29.6. The highest BCUT2D eigenvalue weighted by Gasteiger charge is 2.21. The molecule has 0 saturated heterocycles. The maximum Gasteiger partial charge on any atom is 0.0540 e. The van der Waals surface area contributed by atoms with Crippen LogP contribution in [0.15, 0.2) is 212 Å². The molecule has 0 aliphatic carbocycles. The third-order valence-corrected chi connectivity index (χ3v) is 11.7. The van der Waals surface area contributed by atoms with Crippen LogP contribution in [0.3, 0.4) is 0 Å². The molecule has 0 fully saturated rings. The molecule has 54 heavy (non-hydrogen) atoms. The standard InChI is InChI=1S/C52H35NS/c1-2-13-36(14-3-1)38-25-28-39(29-26-38)44-17-6-9-22-49(44)53(50-23-10-7-18-45(50)42-30-27-37-15-4-5-16-41(37)35-42)43-33-31-40(32-34-43)46-20-12-21-48-47-19-8-11-24-51(47)54-52(46)48/h1-35H. The van der Waals surface area contributed by atoms with Crippen molar-refractivity contribution < 1.29 is 0 Å². The van der Waals surface area contributed by atoms with Gasteiger partial charge in [-0.1, -0.05) is 176 Å². The van der Waals surface area contributed by atoms with Gasteiger partial charge >= 0.3 is 0 Å². The molecular formula is C52H35NS. The zero-order valence-corrected chi connectivity index (χ0v) is 30.4. The van der Waals surface area contributed by atoms with Gasteiger partial charge in [-0.05, 0) is 80.6 Å². The van der Waals surface area contributed by atoms with Crippen LogP contribution >= 0.6 is 11.3 Å². The average molecular weight is 706 g/mol. The van der Waals surface area contributed by atoms with Crippen molar-refractivity contribution in [3.05, 3.63) is 212 Å². The first-order chi connectivity index (χ1) is 26.8. The minimum absolute atomic E-state index is 1.10. The summed E-state index contributed by atoms with van der Waals surface area (Å²) >= 11 is 1.88. The van der Waals surface area contributed by atoms with Crippen molar-refractivity contribution in [2.45, 2.75) is 0 Å². The summed E-state index contributed by atoms with van der Waals surface area (Å²) in [6, 6.07) is 77.1. The number of thiophene rings is 1. The van der Waals surface area contributed by atoms with E-state index < -0.39 is 0 Å². The summed E-state index contributed by atoms with van der Waals surface area (Å²) in [5.41, 5.74) is 13.0. The third kappa shape index (κ3) is 5.74. The van der Waals surface area contributed by atoms with Crippen molar-refractivity contribution in [1.82, 2.24) is 0 Å². The monoisotopic (exact) mass is 705 g/mol. The number of rotatable bonds is 7. The molecule has 2 heteroatoms. The van der Waals surface area contributed by atoms with Crippen LogP contribution in [0.5, 0.6) is 0 Å². The van der Waals surface area contributed by atoms with E-state index >= 15 is 0 Å². The molecule has 1 nitrogen and oxygen atoms in total. The predicted molar refractivity (Wildman–Crippen MR) is 233 cm³/mol. The van der Waals surface area contributed by atoms with Gasteiger partial charge in [0.25, 0.3) is 0 Å². The molecule has 10 aromatic rings. The second kappa shape index (κ2) is 13.7. The van der Waals surface area contributed by atoms with Crippen molar-refractivity contribution in [3.63, 3.8) is 0 Å². The number of fused-ring (bicyclic) bond motifs is 4. The second-order valence-corrected chi connectivity index (χ2v) is 14.8. The predicted octanol–water partition coefficient (Wildman–Crippen LogP) is 15.3. The topological polar surface area (TPSA) is 3.24 Å². The SMILES string of the molecule is c1ccc(-c2ccc(-c3ccccc3N(c3ccc(-c4cccc5c4sc4ccccc45)cc3)c3ccccc3-c3ccc4ccccc4c3)cc2)cc1. The van der Waals surface area contributed by atoms with Gasteiger partial charge in [0.1, 0.15) is 0 Å². The summed E-state index contributed by atoms with van der Waals surface area (Å²) in [5.74, 6) is 0. The molecular weight excluding hydrogens is 671 g/mol. The Hall–Kier alpha value is -6.74. The van der Waals surface area contributed by atoms with Crippen molar-refractivity contribution >= 4 is 59.3 Å². The normalized spacial score (nSPS) is 11.3. The largest absolute Gasteiger partial charge is 0.309 e. The van der Waals surface area contributed by atoms with Gasteiger partial charge in [0.05, 0.1) is 11.4 Å². The van der Waals surface area contributed by atoms with Gasteiger partial charge < -0.3 is 4.90 Å². The molecule has 9 aromatic carbocycles. The van der Waals surface area contributed by atoms with Crippen LogP contribution in [-0.2, 0) is 0 Å². The summed E-state index contributed by atoms with van der Waals surface area (Å²) in [6.45, 7) is 0.